The van der Waals surface area contributed by atoms with Crippen LogP contribution in [-0.2, 0) is 9.53 Å². The van der Waals surface area contributed by atoms with E-state index in [9.17, 15) is 19.8 Å². The molecule has 0 aliphatic rings. The molecule has 0 saturated heterocycles. The van der Waals surface area contributed by atoms with E-state index in [1.807, 2.05) is 0 Å². The van der Waals surface area contributed by atoms with Crippen molar-refractivity contribution in [2.24, 2.45) is 0 Å². The summed E-state index contributed by atoms with van der Waals surface area (Å²) >= 11 is 5.90. The fourth-order valence-corrected chi connectivity index (χ4v) is 2.79. The maximum atomic E-state index is 12.2. The van der Waals surface area contributed by atoms with Gasteiger partial charge in [-0.15, -0.1) is 0 Å². The first-order valence-corrected chi connectivity index (χ1v) is 8.41. The lowest BCUT2D eigenvalue weighted by Gasteiger charge is -2.11. The Balaban J connectivity index is 1.72. The van der Waals surface area contributed by atoms with Gasteiger partial charge < -0.3 is 20.3 Å². The molecule has 0 heterocycles. The molecule has 1 amide bonds. The number of anilines is 1. The second-order valence-corrected chi connectivity index (χ2v) is 6.36. The number of carbonyl (C=O) groups excluding carboxylic acids is 2. The van der Waals surface area contributed by atoms with Crippen LogP contribution in [0.2, 0.25) is 5.02 Å². The van der Waals surface area contributed by atoms with E-state index in [4.69, 9.17) is 16.3 Å². The van der Waals surface area contributed by atoms with Crippen molar-refractivity contribution in [3.63, 3.8) is 0 Å². The molecular weight excluding hydrogens is 370 g/mol. The van der Waals surface area contributed by atoms with Gasteiger partial charge in [0, 0.05) is 21.5 Å². The largest absolute Gasteiger partial charge is 0.507 e. The fourth-order valence-electron chi connectivity index (χ4n) is 2.62. The minimum absolute atomic E-state index is 0.172. The van der Waals surface area contributed by atoms with Gasteiger partial charge in [-0.2, -0.15) is 0 Å². The Bertz CT molecular complexity index is 1050. The molecule has 0 bridgehead atoms. The summed E-state index contributed by atoms with van der Waals surface area (Å²) in [6.45, 7) is 1.24. The summed E-state index contributed by atoms with van der Waals surface area (Å²) in [7, 11) is 0. The topological polar surface area (TPSA) is 95.9 Å². The third-order valence-electron chi connectivity index (χ3n) is 4.02. The molecule has 7 heteroatoms. The van der Waals surface area contributed by atoms with Crippen LogP contribution in [0.25, 0.3) is 10.8 Å². The Morgan fingerprint density at radius 3 is 2.52 bits per heavy atom. The summed E-state index contributed by atoms with van der Waals surface area (Å²) < 4.78 is 4.96. The van der Waals surface area contributed by atoms with E-state index >= 15 is 0 Å². The number of rotatable bonds is 4. The zero-order valence-corrected chi connectivity index (χ0v) is 15.1. The second-order valence-electron chi connectivity index (χ2n) is 5.92. The normalized spacial score (nSPS) is 10.6. The van der Waals surface area contributed by atoms with Crippen molar-refractivity contribution in [2.75, 3.05) is 11.9 Å². The van der Waals surface area contributed by atoms with Gasteiger partial charge in [-0.3, -0.25) is 4.79 Å². The molecule has 0 radical (unpaired) electrons. The van der Waals surface area contributed by atoms with E-state index in [1.54, 1.807) is 49.4 Å². The highest BCUT2D eigenvalue weighted by molar-refractivity contribution is 6.31. The zero-order chi connectivity index (χ0) is 19.6. The Kier molecular flexibility index (Phi) is 5.19. The molecule has 3 aromatic carbocycles. The van der Waals surface area contributed by atoms with E-state index in [0.717, 1.165) is 11.6 Å². The molecule has 0 unspecified atom stereocenters. The van der Waals surface area contributed by atoms with Gasteiger partial charge in [0.1, 0.15) is 17.1 Å². The first kappa shape index (κ1) is 18.5. The van der Waals surface area contributed by atoms with Gasteiger partial charge in [0.25, 0.3) is 5.91 Å². The average molecular weight is 386 g/mol. The number of ether oxygens (including phenoxy) is 1. The lowest BCUT2D eigenvalue weighted by Crippen LogP contribution is -2.21. The monoisotopic (exact) mass is 385 g/mol. The lowest BCUT2D eigenvalue weighted by atomic mass is 10.0. The first-order chi connectivity index (χ1) is 12.9. The molecule has 27 heavy (non-hydrogen) atoms. The van der Waals surface area contributed by atoms with E-state index < -0.39 is 18.5 Å². The molecule has 3 rings (SSSR count). The molecule has 0 aliphatic heterocycles. The number of hydrogen-bond donors (Lipinski definition) is 3. The van der Waals surface area contributed by atoms with E-state index in [1.165, 1.54) is 0 Å². The quantitative estimate of drug-likeness (QED) is 0.466. The van der Waals surface area contributed by atoms with Gasteiger partial charge in [0.2, 0.25) is 0 Å². The smallest absolute Gasteiger partial charge is 0.342 e. The maximum absolute atomic E-state index is 12.2. The van der Waals surface area contributed by atoms with Crippen LogP contribution in [0.1, 0.15) is 15.9 Å². The molecule has 3 aromatic rings. The molecule has 0 aliphatic carbocycles. The van der Waals surface area contributed by atoms with Crippen LogP contribution in [0.5, 0.6) is 11.5 Å². The van der Waals surface area contributed by atoms with Crippen molar-refractivity contribution >= 4 is 39.9 Å². The number of fused-ring (bicyclic) bond motifs is 1. The molecule has 0 saturated carbocycles. The Labute approximate surface area is 160 Å². The zero-order valence-electron chi connectivity index (χ0n) is 14.3. The third-order valence-corrected chi connectivity index (χ3v) is 4.26. The number of aryl methyl sites for hydroxylation is 1. The van der Waals surface area contributed by atoms with E-state index in [0.29, 0.717) is 21.5 Å². The van der Waals surface area contributed by atoms with Crippen LogP contribution in [0.15, 0.2) is 48.5 Å². The SMILES string of the molecule is Cc1ccc(Cl)cc1NC(=O)COC(=O)c1cc(O)c2ccccc2c1O. The number of phenolic OH excluding ortho intramolecular Hbond substituents is 2. The van der Waals surface area contributed by atoms with Gasteiger partial charge >= 0.3 is 5.97 Å². The van der Waals surface area contributed by atoms with Crippen LogP contribution >= 0.6 is 11.6 Å². The number of carbonyl (C=O) groups is 2. The summed E-state index contributed by atoms with van der Waals surface area (Å²) in [4.78, 5) is 24.3. The molecule has 138 valence electrons. The van der Waals surface area contributed by atoms with Crippen molar-refractivity contribution in [1.82, 2.24) is 0 Å². The van der Waals surface area contributed by atoms with Crippen LogP contribution in [-0.4, -0.2) is 28.7 Å². The van der Waals surface area contributed by atoms with Crippen LogP contribution in [0.4, 0.5) is 5.69 Å². The number of esters is 1. The highest BCUT2D eigenvalue weighted by Gasteiger charge is 2.19. The van der Waals surface area contributed by atoms with Crippen molar-refractivity contribution in [3.8, 4) is 11.5 Å². The fraction of sp³-hybridized carbons (Fsp3) is 0.100. The number of phenols is 2. The molecule has 3 N–H and O–H groups in total. The minimum atomic E-state index is -0.925. The number of halogens is 1. The van der Waals surface area contributed by atoms with Crippen LogP contribution < -0.4 is 5.32 Å². The molecular formula is C20H16ClNO5. The summed E-state index contributed by atoms with van der Waals surface area (Å²) in [6, 6.07) is 12.7. The van der Waals surface area contributed by atoms with Crippen molar-refractivity contribution in [3.05, 3.63) is 64.7 Å². The number of amides is 1. The summed E-state index contributed by atoms with van der Waals surface area (Å²) in [6.07, 6.45) is 0. The first-order valence-electron chi connectivity index (χ1n) is 8.03. The molecule has 0 spiro atoms. The molecule has 0 aromatic heterocycles. The van der Waals surface area contributed by atoms with Gasteiger partial charge in [0.15, 0.2) is 6.61 Å². The summed E-state index contributed by atoms with van der Waals surface area (Å²) in [5, 5.41) is 24.1. The standard InChI is InChI=1S/C20H16ClNO5/c1-11-6-7-12(21)8-16(11)22-18(24)10-27-20(26)15-9-17(23)13-4-2-3-5-14(13)19(15)25/h2-9,23,25H,10H2,1H3,(H,22,24). The molecule has 0 atom stereocenters. The predicted molar refractivity (Wildman–Crippen MR) is 102 cm³/mol. The van der Waals surface area contributed by atoms with Crippen molar-refractivity contribution < 1.29 is 24.5 Å². The number of hydrogen-bond acceptors (Lipinski definition) is 5. The number of benzene rings is 3. The maximum Gasteiger partial charge on any atom is 0.342 e. The second kappa shape index (κ2) is 7.55. The number of nitrogens with one attached hydrogen (secondary N) is 1. The van der Waals surface area contributed by atoms with Crippen LogP contribution in [0.3, 0.4) is 0 Å². The molecule has 0 fully saturated rings. The van der Waals surface area contributed by atoms with Crippen LogP contribution in [0, 0.1) is 6.92 Å². The minimum Gasteiger partial charge on any atom is -0.507 e. The van der Waals surface area contributed by atoms with Gasteiger partial charge in [-0.1, -0.05) is 41.9 Å². The summed E-state index contributed by atoms with van der Waals surface area (Å²) in [5.41, 5.74) is 1.09. The Morgan fingerprint density at radius 2 is 1.78 bits per heavy atom. The Morgan fingerprint density at radius 1 is 1.07 bits per heavy atom. The number of aromatic hydroxyl groups is 2. The van der Waals surface area contributed by atoms with Gasteiger partial charge in [-0.25, -0.2) is 4.79 Å². The predicted octanol–water partition coefficient (Wildman–Crippen LogP) is 4.01. The lowest BCUT2D eigenvalue weighted by molar-refractivity contribution is -0.119. The van der Waals surface area contributed by atoms with Gasteiger partial charge in [-0.05, 0) is 30.7 Å². The van der Waals surface area contributed by atoms with E-state index in [-0.39, 0.29) is 17.1 Å². The molecule has 6 nitrogen and oxygen atoms in total. The van der Waals surface area contributed by atoms with Gasteiger partial charge in [0.05, 0.1) is 0 Å². The van der Waals surface area contributed by atoms with Crippen molar-refractivity contribution in [1.29, 1.82) is 0 Å². The Hall–Kier alpha value is -3.25. The average Bonchev–Trinajstić information content (AvgIpc) is 2.65. The highest BCUT2D eigenvalue weighted by atomic mass is 35.5. The van der Waals surface area contributed by atoms with Crippen molar-refractivity contribution in [2.45, 2.75) is 6.92 Å². The third kappa shape index (κ3) is 3.96. The van der Waals surface area contributed by atoms with E-state index in [2.05, 4.69) is 5.32 Å². The highest BCUT2D eigenvalue weighted by Crippen LogP contribution is 2.35. The summed E-state index contributed by atoms with van der Waals surface area (Å²) in [5.74, 6) is -1.97.